The molecule has 0 N–H and O–H groups in total. The van der Waals surface area contributed by atoms with Crippen LogP contribution in [0, 0.1) is 18.3 Å². The molecule has 30 heavy (non-hydrogen) atoms. The van der Waals surface area contributed by atoms with E-state index in [2.05, 4.69) is 39.8 Å². The minimum absolute atomic E-state index is 0.182. The first-order valence-corrected chi connectivity index (χ1v) is 10.9. The summed E-state index contributed by atoms with van der Waals surface area (Å²) in [6, 6.07) is 6.55. The number of pyridine rings is 1. The minimum atomic E-state index is -0.401. The van der Waals surface area contributed by atoms with Crippen molar-refractivity contribution in [1.29, 1.82) is 5.26 Å². The van der Waals surface area contributed by atoms with Crippen LogP contribution in [0.5, 0.6) is 0 Å². The van der Waals surface area contributed by atoms with E-state index in [0.717, 1.165) is 63.6 Å². The quantitative estimate of drug-likeness (QED) is 0.728. The lowest BCUT2D eigenvalue weighted by Gasteiger charge is -2.38. The van der Waals surface area contributed by atoms with Crippen molar-refractivity contribution in [3.05, 3.63) is 23.4 Å². The van der Waals surface area contributed by atoms with Crippen LogP contribution in [-0.2, 0) is 4.74 Å². The van der Waals surface area contributed by atoms with E-state index in [1.54, 1.807) is 0 Å². The Bertz CT molecular complexity index is 827. The van der Waals surface area contributed by atoms with Gasteiger partial charge in [-0.05, 0) is 46.1 Å². The van der Waals surface area contributed by atoms with Gasteiger partial charge in [-0.2, -0.15) is 5.26 Å². The van der Waals surface area contributed by atoms with Crippen LogP contribution in [0.1, 0.15) is 30.5 Å². The third kappa shape index (κ3) is 4.23. The highest BCUT2D eigenvalue weighted by atomic mass is 16.6. The predicted molar refractivity (Wildman–Crippen MR) is 114 cm³/mol. The third-order valence-electron chi connectivity index (χ3n) is 6.81. The van der Waals surface area contributed by atoms with Gasteiger partial charge in [0.05, 0.1) is 12.1 Å². The third-order valence-corrected chi connectivity index (χ3v) is 6.81. The normalized spacial score (nSPS) is 24.0. The minimum Gasteiger partial charge on any atom is -0.441 e. The Morgan fingerprint density at radius 2 is 2.03 bits per heavy atom. The number of likely N-dealkylation sites (tertiary alicyclic amines) is 1. The summed E-state index contributed by atoms with van der Waals surface area (Å²) in [6.45, 7) is 7.87. The van der Waals surface area contributed by atoms with Gasteiger partial charge in [-0.1, -0.05) is 0 Å². The van der Waals surface area contributed by atoms with Gasteiger partial charge in [-0.15, -0.1) is 0 Å². The first kappa shape index (κ1) is 20.9. The van der Waals surface area contributed by atoms with E-state index in [0.29, 0.717) is 18.2 Å². The molecule has 0 aromatic carbocycles. The molecule has 1 spiro atoms. The number of ether oxygens (including phenoxy) is 1. The molecular formula is C22H32N6O2. The van der Waals surface area contributed by atoms with Crippen LogP contribution in [0.15, 0.2) is 12.1 Å². The monoisotopic (exact) mass is 412 g/mol. The van der Waals surface area contributed by atoms with Gasteiger partial charge >= 0.3 is 6.09 Å². The number of piperidine rings is 1. The van der Waals surface area contributed by atoms with Crippen molar-refractivity contribution in [3.63, 3.8) is 0 Å². The number of nitrogens with zero attached hydrogens (tertiary/aromatic N) is 6. The first-order valence-electron chi connectivity index (χ1n) is 10.9. The number of anilines is 1. The van der Waals surface area contributed by atoms with Gasteiger partial charge < -0.3 is 19.4 Å². The number of amides is 1. The van der Waals surface area contributed by atoms with Crippen LogP contribution in [0.25, 0.3) is 0 Å². The molecule has 1 amide bonds. The van der Waals surface area contributed by atoms with Crippen LogP contribution < -0.4 is 4.90 Å². The highest BCUT2D eigenvalue weighted by molar-refractivity contribution is 5.71. The molecule has 4 heterocycles. The maximum Gasteiger partial charge on any atom is 0.410 e. The van der Waals surface area contributed by atoms with Crippen molar-refractivity contribution in [2.75, 3.05) is 64.8 Å². The molecule has 3 aliphatic heterocycles. The number of nitriles is 1. The highest BCUT2D eigenvalue weighted by Gasteiger charge is 2.47. The van der Waals surface area contributed by atoms with Crippen molar-refractivity contribution in [3.8, 4) is 6.07 Å². The molecule has 1 atom stereocenters. The lowest BCUT2D eigenvalue weighted by molar-refractivity contribution is 0.0365. The summed E-state index contributed by atoms with van der Waals surface area (Å²) in [5.74, 6) is 0.748. The molecule has 4 rings (SSSR count). The van der Waals surface area contributed by atoms with Crippen molar-refractivity contribution < 1.29 is 9.53 Å². The van der Waals surface area contributed by atoms with Gasteiger partial charge in [-0.3, -0.25) is 4.90 Å². The molecule has 3 fully saturated rings. The Morgan fingerprint density at radius 3 is 2.70 bits per heavy atom. The maximum atomic E-state index is 12.5. The number of likely N-dealkylation sites (N-methyl/N-ethyl adjacent to an activating group) is 1. The Balaban J connectivity index is 1.32. The second-order valence-electron chi connectivity index (χ2n) is 9.10. The molecule has 0 unspecified atom stereocenters. The molecule has 8 nitrogen and oxygen atoms in total. The molecule has 8 heteroatoms. The Labute approximate surface area is 179 Å². The molecule has 0 radical (unpaired) electrons. The number of carbonyl (C=O) groups is 1. The molecule has 0 aliphatic carbocycles. The second-order valence-corrected chi connectivity index (χ2v) is 9.10. The molecule has 3 saturated heterocycles. The summed E-state index contributed by atoms with van der Waals surface area (Å²) in [4.78, 5) is 25.9. The highest BCUT2D eigenvalue weighted by Crippen LogP contribution is 2.35. The summed E-state index contributed by atoms with van der Waals surface area (Å²) in [5.41, 5.74) is 1.10. The van der Waals surface area contributed by atoms with Crippen molar-refractivity contribution in [2.24, 2.45) is 0 Å². The van der Waals surface area contributed by atoms with Crippen molar-refractivity contribution in [2.45, 2.75) is 37.8 Å². The standard InChI is InChI=1S/C22H32N6O2/c1-17-4-5-18(14-23)20(24-17)27-10-7-22(8-11-27)16-28(21(29)30-22)13-12-26-9-6-19(15-26)25(2)3/h4-5,19H,6-13,15-16H2,1-3H3/t19-/m0/s1. The molecule has 0 saturated carbocycles. The number of aromatic nitrogens is 1. The Morgan fingerprint density at radius 1 is 1.27 bits per heavy atom. The molecule has 3 aliphatic rings. The first-order chi connectivity index (χ1) is 14.4. The van der Waals surface area contributed by atoms with Gasteiger partial charge in [0, 0.05) is 57.3 Å². The second kappa shape index (κ2) is 8.40. The zero-order chi connectivity index (χ0) is 21.3. The Hall–Kier alpha value is -2.37. The maximum absolute atomic E-state index is 12.5. The fourth-order valence-corrected chi connectivity index (χ4v) is 4.82. The summed E-state index contributed by atoms with van der Waals surface area (Å²) < 4.78 is 5.89. The predicted octanol–water partition coefficient (Wildman–Crippen LogP) is 1.69. The molecule has 1 aromatic heterocycles. The lowest BCUT2D eigenvalue weighted by atomic mass is 9.91. The molecule has 0 bridgehead atoms. The summed E-state index contributed by atoms with van der Waals surface area (Å²) in [5, 5.41) is 9.41. The van der Waals surface area contributed by atoms with Crippen molar-refractivity contribution >= 4 is 11.9 Å². The largest absolute Gasteiger partial charge is 0.441 e. The van der Waals surface area contributed by atoms with E-state index in [1.165, 1.54) is 6.42 Å². The van der Waals surface area contributed by atoms with Crippen LogP contribution in [0.3, 0.4) is 0 Å². The number of carbonyl (C=O) groups excluding carboxylic acids is 1. The summed E-state index contributed by atoms with van der Waals surface area (Å²) in [6.07, 6.45) is 2.54. The summed E-state index contributed by atoms with van der Waals surface area (Å²) >= 11 is 0. The average molecular weight is 413 g/mol. The van der Waals surface area contributed by atoms with E-state index >= 15 is 0 Å². The van der Waals surface area contributed by atoms with Crippen molar-refractivity contribution in [1.82, 2.24) is 19.7 Å². The van der Waals surface area contributed by atoms with Crippen LogP contribution in [-0.4, -0.2) is 97.3 Å². The summed E-state index contributed by atoms with van der Waals surface area (Å²) in [7, 11) is 4.27. The number of hydrogen-bond acceptors (Lipinski definition) is 7. The van der Waals surface area contributed by atoms with E-state index in [-0.39, 0.29) is 6.09 Å². The van der Waals surface area contributed by atoms with E-state index in [4.69, 9.17) is 4.74 Å². The van der Waals surface area contributed by atoms with Crippen LogP contribution in [0.2, 0.25) is 0 Å². The van der Waals surface area contributed by atoms with E-state index in [1.807, 2.05) is 24.0 Å². The zero-order valence-corrected chi connectivity index (χ0v) is 18.3. The van der Waals surface area contributed by atoms with Gasteiger partial charge in [-0.25, -0.2) is 9.78 Å². The molecule has 162 valence electrons. The van der Waals surface area contributed by atoms with Gasteiger partial charge in [0.15, 0.2) is 0 Å². The molecular weight excluding hydrogens is 380 g/mol. The smallest absolute Gasteiger partial charge is 0.410 e. The van der Waals surface area contributed by atoms with Gasteiger partial charge in [0.1, 0.15) is 17.5 Å². The van der Waals surface area contributed by atoms with Gasteiger partial charge in [0.25, 0.3) is 0 Å². The average Bonchev–Trinajstić information content (AvgIpc) is 3.32. The number of rotatable bonds is 5. The van der Waals surface area contributed by atoms with Crippen LogP contribution >= 0.6 is 0 Å². The number of aryl methyl sites for hydroxylation is 1. The van der Waals surface area contributed by atoms with Gasteiger partial charge in [0.2, 0.25) is 0 Å². The zero-order valence-electron chi connectivity index (χ0n) is 18.3. The lowest BCUT2D eigenvalue weighted by Crippen LogP contribution is -2.47. The Kier molecular flexibility index (Phi) is 5.85. The fraction of sp³-hybridized carbons (Fsp3) is 0.682. The topological polar surface area (TPSA) is 75.9 Å². The SMILES string of the molecule is Cc1ccc(C#N)c(N2CCC3(CC2)CN(CCN2CC[C@H](N(C)C)C2)C(=O)O3)n1. The molecule has 1 aromatic rings. The van der Waals surface area contributed by atoms with E-state index < -0.39 is 5.60 Å². The fourth-order valence-electron chi connectivity index (χ4n) is 4.82. The number of hydrogen-bond donors (Lipinski definition) is 0. The van der Waals surface area contributed by atoms with Crippen LogP contribution in [0.4, 0.5) is 10.6 Å². The van der Waals surface area contributed by atoms with E-state index in [9.17, 15) is 10.1 Å².